The third-order valence-corrected chi connectivity index (χ3v) is 8.97. The van der Waals surface area contributed by atoms with E-state index in [1.54, 1.807) is 6.20 Å². The lowest BCUT2D eigenvalue weighted by molar-refractivity contribution is 0.101. The van der Waals surface area contributed by atoms with E-state index in [2.05, 4.69) is 39.5 Å². The highest BCUT2D eigenvalue weighted by atomic mass is 32.2. The van der Waals surface area contributed by atoms with E-state index >= 15 is 0 Å². The van der Waals surface area contributed by atoms with Crippen LogP contribution in [0.2, 0.25) is 0 Å². The minimum atomic E-state index is -3.28. The minimum Gasteiger partial charge on any atom is -0.377 e. The van der Waals surface area contributed by atoms with E-state index in [1.165, 1.54) is 16.1 Å². The number of aromatic nitrogens is 3. The minimum absolute atomic E-state index is 0.355. The number of nitrogens with zero attached hydrogens (tertiary/aromatic N) is 5. The standard InChI is InChI=1S/C28H33N7O3S/c1-39(37,38)34-16-21-3-2-4-24(25(21)17-34)26-10-9-23-15-30-28(32-35(23)26)31-22-7-5-19(6-8-22)20-11-13-33(14-12-20)18-27(29)36/h2-10,15,20,27,36H,11-14,16-18,29H2,1H3,(H,31,32). The van der Waals surface area contributed by atoms with Gasteiger partial charge in [-0.1, -0.05) is 30.3 Å². The second-order valence-electron chi connectivity index (χ2n) is 10.5. The van der Waals surface area contributed by atoms with Crippen molar-refractivity contribution >= 4 is 27.2 Å². The molecule has 0 bridgehead atoms. The van der Waals surface area contributed by atoms with Crippen molar-refractivity contribution in [2.24, 2.45) is 5.73 Å². The molecule has 6 rings (SSSR count). The van der Waals surface area contributed by atoms with Crippen LogP contribution in [0.1, 0.15) is 35.4 Å². The van der Waals surface area contributed by atoms with Crippen LogP contribution in [0.5, 0.6) is 0 Å². The largest absolute Gasteiger partial charge is 0.377 e. The van der Waals surface area contributed by atoms with Gasteiger partial charge in [-0.2, -0.15) is 4.31 Å². The van der Waals surface area contributed by atoms with Crippen molar-refractivity contribution in [3.8, 4) is 11.3 Å². The molecule has 1 unspecified atom stereocenters. The van der Waals surface area contributed by atoms with Gasteiger partial charge in [-0.15, -0.1) is 5.10 Å². The number of likely N-dealkylation sites (tertiary alicyclic amines) is 1. The molecule has 10 nitrogen and oxygen atoms in total. The highest BCUT2D eigenvalue weighted by Crippen LogP contribution is 2.34. The Kier molecular flexibility index (Phi) is 6.86. The first-order chi connectivity index (χ1) is 18.7. The summed E-state index contributed by atoms with van der Waals surface area (Å²) in [5, 5.41) is 17.5. The Morgan fingerprint density at radius 1 is 1.08 bits per heavy atom. The number of nitrogens with two attached hydrogens (primary N) is 1. The van der Waals surface area contributed by atoms with Crippen molar-refractivity contribution in [3.63, 3.8) is 0 Å². The van der Waals surface area contributed by atoms with Crippen molar-refractivity contribution in [1.29, 1.82) is 0 Å². The van der Waals surface area contributed by atoms with E-state index in [-0.39, 0.29) is 0 Å². The molecule has 11 heteroatoms. The molecule has 1 fully saturated rings. The summed E-state index contributed by atoms with van der Waals surface area (Å²) < 4.78 is 27.7. The first-order valence-electron chi connectivity index (χ1n) is 13.2. The van der Waals surface area contributed by atoms with Crippen LogP contribution < -0.4 is 11.1 Å². The van der Waals surface area contributed by atoms with E-state index in [0.29, 0.717) is 31.5 Å². The molecule has 1 saturated heterocycles. The summed E-state index contributed by atoms with van der Waals surface area (Å²) in [6.45, 7) is 3.13. The van der Waals surface area contributed by atoms with E-state index in [1.807, 2.05) is 34.8 Å². The topological polar surface area (TPSA) is 129 Å². The molecule has 4 N–H and O–H groups in total. The van der Waals surface area contributed by atoms with Crippen LogP contribution in [0.25, 0.3) is 16.8 Å². The number of fused-ring (bicyclic) bond motifs is 2. The first kappa shape index (κ1) is 25.9. The number of piperidine rings is 1. The summed E-state index contributed by atoms with van der Waals surface area (Å²) in [6.07, 6.45) is 4.34. The Morgan fingerprint density at radius 3 is 2.56 bits per heavy atom. The fourth-order valence-electron chi connectivity index (χ4n) is 5.71. The van der Waals surface area contributed by atoms with Gasteiger partial charge in [0.2, 0.25) is 16.0 Å². The predicted molar refractivity (Wildman–Crippen MR) is 151 cm³/mol. The van der Waals surface area contributed by atoms with Gasteiger partial charge >= 0.3 is 0 Å². The lowest BCUT2D eigenvalue weighted by atomic mass is 9.89. The number of benzene rings is 2. The first-order valence-corrected chi connectivity index (χ1v) is 15.0. The number of hydrogen-bond donors (Lipinski definition) is 3. The number of aliphatic hydroxyl groups excluding tert-OH is 1. The molecule has 2 aromatic heterocycles. The maximum Gasteiger partial charge on any atom is 0.245 e. The third-order valence-electron chi connectivity index (χ3n) is 7.77. The Bertz CT molecular complexity index is 1590. The average molecular weight is 548 g/mol. The van der Waals surface area contributed by atoms with Gasteiger partial charge in [0.05, 0.1) is 23.7 Å². The van der Waals surface area contributed by atoms with Gasteiger partial charge in [-0.25, -0.2) is 17.9 Å². The third kappa shape index (κ3) is 5.41. The number of sulfonamides is 1. The SMILES string of the molecule is CS(=O)(=O)N1Cc2cccc(-c3ccc4cnc(Nc5ccc(C6CCN(CC(N)O)CC6)cc5)nn34)c2C1. The summed E-state index contributed by atoms with van der Waals surface area (Å²) in [5.74, 6) is 0.971. The molecule has 2 aromatic carbocycles. The number of rotatable bonds is 7. The van der Waals surface area contributed by atoms with Crippen molar-refractivity contribution in [3.05, 3.63) is 77.5 Å². The lowest BCUT2D eigenvalue weighted by Gasteiger charge is -2.32. The molecule has 0 amide bonds. The summed E-state index contributed by atoms with van der Waals surface area (Å²) >= 11 is 0. The second kappa shape index (κ2) is 10.3. The monoisotopic (exact) mass is 547 g/mol. The zero-order valence-electron chi connectivity index (χ0n) is 21.9. The van der Waals surface area contributed by atoms with Crippen LogP contribution in [0, 0.1) is 0 Å². The van der Waals surface area contributed by atoms with Gasteiger partial charge in [0.25, 0.3) is 0 Å². The van der Waals surface area contributed by atoms with Gasteiger partial charge in [0, 0.05) is 30.9 Å². The molecule has 39 heavy (non-hydrogen) atoms. The Hall–Kier alpha value is -3.35. The zero-order chi connectivity index (χ0) is 27.1. The van der Waals surface area contributed by atoms with Crippen LogP contribution >= 0.6 is 0 Å². The molecule has 1 atom stereocenters. The summed E-state index contributed by atoms with van der Waals surface area (Å²) in [6, 6.07) is 18.4. The normalized spacial score (nSPS) is 17.9. The molecule has 2 aliphatic heterocycles. The molecule has 4 heterocycles. The lowest BCUT2D eigenvalue weighted by Crippen LogP contribution is -2.41. The maximum atomic E-state index is 12.2. The smallest absolute Gasteiger partial charge is 0.245 e. The number of anilines is 2. The summed E-state index contributed by atoms with van der Waals surface area (Å²) in [4.78, 5) is 6.72. The highest BCUT2D eigenvalue weighted by Gasteiger charge is 2.28. The van der Waals surface area contributed by atoms with E-state index in [4.69, 9.17) is 10.8 Å². The number of nitrogens with one attached hydrogen (secondary N) is 1. The average Bonchev–Trinajstić information content (AvgIpc) is 3.54. The second-order valence-corrected chi connectivity index (χ2v) is 12.5. The molecule has 0 spiro atoms. The van der Waals surface area contributed by atoms with Crippen molar-refractivity contribution in [2.45, 2.75) is 38.1 Å². The molecule has 0 radical (unpaired) electrons. The number of aliphatic hydroxyl groups is 1. The van der Waals surface area contributed by atoms with Crippen LogP contribution in [0.3, 0.4) is 0 Å². The van der Waals surface area contributed by atoms with Gasteiger partial charge in [0.1, 0.15) is 6.23 Å². The van der Waals surface area contributed by atoms with Crippen LogP contribution in [0.4, 0.5) is 11.6 Å². The molecular formula is C28H33N7O3S. The molecular weight excluding hydrogens is 514 g/mol. The quantitative estimate of drug-likeness (QED) is 0.301. The van der Waals surface area contributed by atoms with Crippen molar-refractivity contribution in [2.75, 3.05) is 31.2 Å². The molecule has 0 aliphatic carbocycles. The highest BCUT2D eigenvalue weighted by molar-refractivity contribution is 7.88. The predicted octanol–water partition coefficient (Wildman–Crippen LogP) is 2.87. The molecule has 0 saturated carbocycles. The van der Waals surface area contributed by atoms with E-state index in [9.17, 15) is 13.5 Å². The van der Waals surface area contributed by atoms with Gasteiger partial charge in [0.15, 0.2) is 0 Å². The fourth-order valence-corrected chi connectivity index (χ4v) is 6.45. The maximum absolute atomic E-state index is 12.2. The zero-order valence-corrected chi connectivity index (χ0v) is 22.7. The Balaban J connectivity index is 1.19. The van der Waals surface area contributed by atoms with Crippen LogP contribution in [0.15, 0.2) is 60.8 Å². The Morgan fingerprint density at radius 2 is 1.85 bits per heavy atom. The van der Waals surface area contributed by atoms with Crippen molar-refractivity contribution < 1.29 is 13.5 Å². The van der Waals surface area contributed by atoms with Crippen LogP contribution in [-0.2, 0) is 23.1 Å². The van der Waals surface area contributed by atoms with Crippen LogP contribution in [-0.4, -0.2) is 69.4 Å². The number of β-amino-alcohol motifs (C(OH)–C–C–N with tert-alkyl or cyclic N) is 1. The molecule has 2 aliphatic rings. The summed E-state index contributed by atoms with van der Waals surface area (Å²) in [7, 11) is -3.28. The van der Waals surface area contributed by atoms with Gasteiger partial charge < -0.3 is 16.2 Å². The summed E-state index contributed by atoms with van der Waals surface area (Å²) in [5.41, 5.74) is 12.5. The van der Waals surface area contributed by atoms with Crippen molar-refractivity contribution in [1.82, 2.24) is 23.8 Å². The number of hydrogen-bond acceptors (Lipinski definition) is 8. The van der Waals surface area contributed by atoms with Gasteiger partial charge in [-0.3, -0.25) is 4.90 Å². The molecule has 4 aromatic rings. The fraction of sp³-hybridized carbons (Fsp3) is 0.357. The van der Waals surface area contributed by atoms with E-state index < -0.39 is 16.3 Å². The molecule has 204 valence electrons. The van der Waals surface area contributed by atoms with Gasteiger partial charge in [-0.05, 0) is 72.8 Å². The Labute approximate surface area is 228 Å². The van der Waals surface area contributed by atoms with E-state index in [0.717, 1.165) is 59.5 Å².